The average Bonchev–Trinajstić information content (AvgIpc) is 2.89. The van der Waals surface area contributed by atoms with Gasteiger partial charge >= 0.3 is 0 Å². The topological polar surface area (TPSA) is 34.0 Å². The first-order valence-electron chi connectivity index (χ1n) is 10.5. The van der Waals surface area contributed by atoms with Crippen molar-refractivity contribution in [3.63, 3.8) is 0 Å². The molecule has 0 radical (unpaired) electrons. The molecule has 0 unspecified atom stereocenters. The van der Waals surface area contributed by atoms with Crippen molar-refractivity contribution in [1.29, 1.82) is 0 Å². The van der Waals surface area contributed by atoms with Gasteiger partial charge in [-0.3, -0.25) is 0 Å². The number of fused-ring (bicyclic) bond motifs is 1. The van der Waals surface area contributed by atoms with Crippen LogP contribution in [0.2, 0.25) is 0 Å². The van der Waals surface area contributed by atoms with Crippen LogP contribution in [-0.4, -0.2) is 39.3 Å². The van der Waals surface area contributed by atoms with E-state index in [-0.39, 0.29) is 0 Å². The molecule has 1 saturated heterocycles. The number of rotatable bonds is 5. The molecule has 1 fully saturated rings. The standard InChI is InChI=1S/C22H32N4/c1-18-8-10-19(11-9-18)20-12-16-25(17-13-20)14-5-7-22-24-23-21-6-3-2-4-15-26(21)22/h8-11,20H,2-7,12-17H2,1H3. The van der Waals surface area contributed by atoms with Crippen molar-refractivity contribution < 1.29 is 0 Å². The highest BCUT2D eigenvalue weighted by Crippen LogP contribution is 2.28. The van der Waals surface area contributed by atoms with E-state index in [1.807, 2.05) is 0 Å². The van der Waals surface area contributed by atoms with Crippen LogP contribution < -0.4 is 0 Å². The Morgan fingerprint density at radius 3 is 2.58 bits per heavy atom. The highest BCUT2D eigenvalue weighted by atomic mass is 15.3. The zero-order valence-corrected chi connectivity index (χ0v) is 16.2. The first-order valence-corrected chi connectivity index (χ1v) is 10.5. The highest BCUT2D eigenvalue weighted by Gasteiger charge is 2.20. The summed E-state index contributed by atoms with van der Waals surface area (Å²) in [6, 6.07) is 9.16. The number of hydrogen-bond acceptors (Lipinski definition) is 3. The van der Waals surface area contributed by atoms with Crippen LogP contribution in [0, 0.1) is 6.92 Å². The van der Waals surface area contributed by atoms with Crippen molar-refractivity contribution in [2.24, 2.45) is 0 Å². The lowest BCUT2D eigenvalue weighted by Gasteiger charge is -2.32. The monoisotopic (exact) mass is 352 g/mol. The number of nitrogens with zero attached hydrogens (tertiary/aromatic N) is 4. The molecule has 0 amide bonds. The van der Waals surface area contributed by atoms with Crippen LogP contribution in [0.1, 0.15) is 67.2 Å². The lowest BCUT2D eigenvalue weighted by atomic mass is 9.89. The van der Waals surface area contributed by atoms with Gasteiger partial charge in [-0.15, -0.1) is 10.2 Å². The highest BCUT2D eigenvalue weighted by molar-refractivity contribution is 5.24. The van der Waals surface area contributed by atoms with E-state index in [0.29, 0.717) is 0 Å². The van der Waals surface area contributed by atoms with Gasteiger partial charge in [-0.05, 0) is 70.1 Å². The number of benzene rings is 1. The Morgan fingerprint density at radius 2 is 1.77 bits per heavy atom. The summed E-state index contributed by atoms with van der Waals surface area (Å²) in [5, 5.41) is 8.91. The summed E-state index contributed by atoms with van der Waals surface area (Å²) in [6.45, 7) is 6.95. The molecular weight excluding hydrogens is 320 g/mol. The quantitative estimate of drug-likeness (QED) is 0.811. The molecule has 140 valence electrons. The zero-order valence-electron chi connectivity index (χ0n) is 16.2. The van der Waals surface area contributed by atoms with E-state index in [2.05, 4.69) is 50.9 Å². The lowest BCUT2D eigenvalue weighted by Crippen LogP contribution is -2.34. The molecule has 26 heavy (non-hydrogen) atoms. The molecule has 3 heterocycles. The molecule has 2 aliphatic heterocycles. The van der Waals surface area contributed by atoms with Gasteiger partial charge in [0, 0.05) is 19.4 Å². The molecule has 2 aromatic rings. The van der Waals surface area contributed by atoms with Crippen LogP contribution in [0.4, 0.5) is 0 Å². The van der Waals surface area contributed by atoms with Gasteiger partial charge in [0.25, 0.3) is 0 Å². The minimum absolute atomic E-state index is 0.749. The van der Waals surface area contributed by atoms with Crippen molar-refractivity contribution in [3.8, 4) is 0 Å². The summed E-state index contributed by atoms with van der Waals surface area (Å²) in [5.41, 5.74) is 2.89. The molecule has 0 spiro atoms. The molecule has 2 aliphatic rings. The van der Waals surface area contributed by atoms with Crippen molar-refractivity contribution >= 4 is 0 Å². The van der Waals surface area contributed by atoms with Crippen molar-refractivity contribution in [1.82, 2.24) is 19.7 Å². The molecule has 0 bridgehead atoms. The Labute approximate surface area is 157 Å². The van der Waals surface area contributed by atoms with Gasteiger partial charge in [-0.2, -0.15) is 0 Å². The number of likely N-dealkylation sites (tertiary alicyclic amines) is 1. The van der Waals surface area contributed by atoms with Gasteiger partial charge in [-0.1, -0.05) is 36.2 Å². The summed E-state index contributed by atoms with van der Waals surface area (Å²) < 4.78 is 2.40. The Hall–Kier alpha value is -1.68. The van der Waals surface area contributed by atoms with Crippen molar-refractivity contribution in [2.45, 2.75) is 70.8 Å². The molecule has 0 atom stereocenters. The summed E-state index contributed by atoms with van der Waals surface area (Å²) in [4.78, 5) is 2.64. The zero-order chi connectivity index (χ0) is 17.8. The van der Waals surface area contributed by atoms with Gasteiger partial charge in [0.05, 0.1) is 0 Å². The Bertz CT molecular complexity index is 695. The fourth-order valence-corrected chi connectivity index (χ4v) is 4.52. The molecule has 4 nitrogen and oxygen atoms in total. The maximum absolute atomic E-state index is 4.48. The minimum Gasteiger partial charge on any atom is -0.315 e. The fraction of sp³-hybridized carbons (Fsp3) is 0.636. The van der Waals surface area contributed by atoms with Crippen LogP contribution >= 0.6 is 0 Å². The Morgan fingerprint density at radius 1 is 0.962 bits per heavy atom. The van der Waals surface area contributed by atoms with Gasteiger partial charge in [0.1, 0.15) is 11.6 Å². The normalized spacial score (nSPS) is 19.3. The second kappa shape index (κ2) is 8.34. The molecule has 1 aromatic carbocycles. The predicted molar refractivity (Wildman–Crippen MR) is 105 cm³/mol. The summed E-state index contributed by atoms with van der Waals surface area (Å²) >= 11 is 0. The van der Waals surface area contributed by atoms with Crippen LogP contribution in [0.3, 0.4) is 0 Å². The molecule has 0 saturated carbocycles. The van der Waals surface area contributed by atoms with Crippen LogP contribution in [0.5, 0.6) is 0 Å². The second-order valence-corrected chi connectivity index (χ2v) is 8.12. The third-order valence-electron chi connectivity index (χ3n) is 6.20. The fourth-order valence-electron chi connectivity index (χ4n) is 4.52. The van der Waals surface area contributed by atoms with E-state index in [9.17, 15) is 0 Å². The van der Waals surface area contributed by atoms with Crippen LogP contribution in [-0.2, 0) is 19.4 Å². The van der Waals surface area contributed by atoms with Gasteiger partial charge < -0.3 is 9.47 Å². The maximum Gasteiger partial charge on any atom is 0.133 e. The number of aromatic nitrogens is 3. The van der Waals surface area contributed by atoms with E-state index in [1.54, 1.807) is 0 Å². The van der Waals surface area contributed by atoms with E-state index in [4.69, 9.17) is 0 Å². The molecular formula is C22H32N4. The van der Waals surface area contributed by atoms with E-state index in [1.165, 1.54) is 80.9 Å². The molecule has 4 heteroatoms. The van der Waals surface area contributed by atoms with E-state index < -0.39 is 0 Å². The average molecular weight is 353 g/mol. The summed E-state index contributed by atoms with van der Waals surface area (Å²) in [6.07, 6.45) is 9.86. The molecule has 4 rings (SSSR count). The predicted octanol–water partition coefficient (Wildman–Crippen LogP) is 4.13. The Balaban J connectivity index is 1.23. The summed E-state index contributed by atoms with van der Waals surface area (Å²) in [5.74, 6) is 3.19. The van der Waals surface area contributed by atoms with Crippen molar-refractivity contribution in [2.75, 3.05) is 19.6 Å². The largest absolute Gasteiger partial charge is 0.315 e. The minimum atomic E-state index is 0.749. The lowest BCUT2D eigenvalue weighted by molar-refractivity contribution is 0.209. The van der Waals surface area contributed by atoms with Gasteiger partial charge in [0.2, 0.25) is 0 Å². The first kappa shape index (κ1) is 17.7. The number of hydrogen-bond donors (Lipinski definition) is 0. The van der Waals surface area contributed by atoms with Crippen LogP contribution in [0.15, 0.2) is 24.3 Å². The van der Waals surface area contributed by atoms with Crippen molar-refractivity contribution in [3.05, 3.63) is 47.0 Å². The second-order valence-electron chi connectivity index (χ2n) is 8.12. The smallest absolute Gasteiger partial charge is 0.133 e. The van der Waals surface area contributed by atoms with E-state index >= 15 is 0 Å². The third kappa shape index (κ3) is 4.17. The third-order valence-corrected chi connectivity index (χ3v) is 6.20. The number of aryl methyl sites for hydroxylation is 3. The maximum atomic E-state index is 4.48. The van der Waals surface area contributed by atoms with Gasteiger partial charge in [0.15, 0.2) is 0 Å². The molecule has 0 N–H and O–H groups in total. The summed E-state index contributed by atoms with van der Waals surface area (Å²) in [7, 11) is 0. The van der Waals surface area contributed by atoms with Gasteiger partial charge in [-0.25, -0.2) is 0 Å². The first-order chi connectivity index (χ1) is 12.8. The molecule has 0 aliphatic carbocycles. The molecule has 1 aromatic heterocycles. The van der Waals surface area contributed by atoms with Crippen LogP contribution in [0.25, 0.3) is 0 Å². The number of piperidine rings is 1. The van der Waals surface area contributed by atoms with E-state index in [0.717, 1.165) is 25.3 Å². The Kier molecular flexibility index (Phi) is 5.68. The SMILES string of the molecule is Cc1ccc(C2CCN(CCCc3nnc4n3CCCCC4)CC2)cc1.